The Balaban J connectivity index is 2.90. The summed E-state index contributed by atoms with van der Waals surface area (Å²) in [6.45, 7) is 5.30. The molecule has 0 bridgehead atoms. The number of aliphatic hydroxyl groups excluding tert-OH is 1. The Morgan fingerprint density at radius 2 is 1.83 bits per heavy atom. The van der Waals surface area contributed by atoms with E-state index in [1.807, 2.05) is 51.1 Å². The molecule has 4 heteroatoms. The molecule has 1 rings (SSSR count). The number of hydrogen-bond acceptors (Lipinski definition) is 2. The molecule has 0 saturated heterocycles. The number of nitrogens with zero attached hydrogens (tertiary/aromatic N) is 1. The van der Waals surface area contributed by atoms with E-state index in [2.05, 4.69) is 0 Å². The molecule has 0 spiro atoms. The monoisotopic (exact) mass is 251 g/mol. The standard InChI is InChI=1S/C14H21NO3/c1-14(2,3)15(13(17)18)12(10-16)9-11-7-5-4-6-8-11/h4-8,12,16H,9-10H2,1-3H3,(H,17,18)/t12-/m1/s1. The van der Waals surface area contributed by atoms with Gasteiger partial charge in [0.1, 0.15) is 0 Å². The average molecular weight is 251 g/mol. The van der Waals surface area contributed by atoms with Crippen LogP contribution in [0.2, 0.25) is 0 Å². The molecule has 0 heterocycles. The summed E-state index contributed by atoms with van der Waals surface area (Å²) in [5, 5.41) is 18.8. The van der Waals surface area contributed by atoms with Crippen LogP contribution in [0.25, 0.3) is 0 Å². The van der Waals surface area contributed by atoms with E-state index in [1.165, 1.54) is 4.90 Å². The third kappa shape index (κ3) is 3.74. The lowest BCUT2D eigenvalue weighted by molar-refractivity contribution is 0.0465. The first-order chi connectivity index (χ1) is 8.36. The molecule has 0 aromatic heterocycles. The van der Waals surface area contributed by atoms with E-state index in [0.29, 0.717) is 6.42 Å². The molecule has 0 aliphatic rings. The van der Waals surface area contributed by atoms with Crippen molar-refractivity contribution in [3.05, 3.63) is 35.9 Å². The maximum atomic E-state index is 11.4. The highest BCUT2D eigenvalue weighted by atomic mass is 16.4. The number of benzene rings is 1. The normalized spacial score (nSPS) is 13.1. The van der Waals surface area contributed by atoms with Crippen LogP contribution in [-0.2, 0) is 6.42 Å². The largest absolute Gasteiger partial charge is 0.465 e. The quantitative estimate of drug-likeness (QED) is 0.863. The number of carbonyl (C=O) groups is 1. The number of hydrogen-bond donors (Lipinski definition) is 2. The Morgan fingerprint density at radius 3 is 2.22 bits per heavy atom. The molecule has 1 aromatic rings. The van der Waals surface area contributed by atoms with Gasteiger partial charge in [-0.2, -0.15) is 0 Å². The van der Waals surface area contributed by atoms with Gasteiger partial charge in [0.05, 0.1) is 12.6 Å². The van der Waals surface area contributed by atoms with Gasteiger partial charge >= 0.3 is 6.09 Å². The van der Waals surface area contributed by atoms with Gasteiger partial charge in [-0.05, 0) is 32.8 Å². The number of carboxylic acid groups (broad SMARTS) is 1. The fourth-order valence-electron chi connectivity index (χ4n) is 2.11. The Labute approximate surface area is 108 Å². The molecule has 18 heavy (non-hydrogen) atoms. The molecule has 0 unspecified atom stereocenters. The van der Waals surface area contributed by atoms with Crippen molar-refractivity contribution in [2.24, 2.45) is 0 Å². The zero-order chi connectivity index (χ0) is 13.8. The average Bonchev–Trinajstić information content (AvgIpc) is 2.27. The van der Waals surface area contributed by atoms with E-state index in [1.54, 1.807) is 0 Å². The highest BCUT2D eigenvalue weighted by Crippen LogP contribution is 2.20. The minimum Gasteiger partial charge on any atom is -0.465 e. The third-order valence-electron chi connectivity index (χ3n) is 2.82. The van der Waals surface area contributed by atoms with E-state index in [-0.39, 0.29) is 6.61 Å². The second kappa shape index (κ2) is 5.87. The molecule has 0 saturated carbocycles. The minimum atomic E-state index is -1.00. The zero-order valence-electron chi connectivity index (χ0n) is 11.1. The maximum absolute atomic E-state index is 11.4. The van der Waals surface area contributed by atoms with Crippen molar-refractivity contribution in [1.29, 1.82) is 0 Å². The molecule has 0 fully saturated rings. The molecule has 0 radical (unpaired) electrons. The van der Waals surface area contributed by atoms with Gasteiger partial charge in [-0.15, -0.1) is 0 Å². The SMILES string of the molecule is CC(C)(C)N(C(=O)O)[C@@H](CO)Cc1ccccc1. The van der Waals surface area contributed by atoms with Crippen LogP contribution in [-0.4, -0.2) is 39.4 Å². The van der Waals surface area contributed by atoms with Crippen LogP contribution in [0.3, 0.4) is 0 Å². The van der Waals surface area contributed by atoms with Crippen LogP contribution in [0.5, 0.6) is 0 Å². The van der Waals surface area contributed by atoms with Gasteiger partial charge in [-0.3, -0.25) is 4.90 Å². The van der Waals surface area contributed by atoms with Crippen LogP contribution in [0, 0.1) is 0 Å². The topological polar surface area (TPSA) is 60.8 Å². The van der Waals surface area contributed by atoms with Crippen molar-refractivity contribution in [3.63, 3.8) is 0 Å². The van der Waals surface area contributed by atoms with Crippen molar-refractivity contribution in [1.82, 2.24) is 4.90 Å². The number of amides is 1. The summed E-state index contributed by atoms with van der Waals surface area (Å²) in [6, 6.07) is 9.18. The van der Waals surface area contributed by atoms with Crippen LogP contribution in [0.1, 0.15) is 26.3 Å². The Morgan fingerprint density at radius 1 is 1.28 bits per heavy atom. The number of rotatable bonds is 4. The first-order valence-electron chi connectivity index (χ1n) is 6.03. The van der Waals surface area contributed by atoms with E-state index >= 15 is 0 Å². The van der Waals surface area contributed by atoms with Crippen molar-refractivity contribution >= 4 is 6.09 Å². The summed E-state index contributed by atoms with van der Waals surface area (Å²) in [4.78, 5) is 12.7. The van der Waals surface area contributed by atoms with Gasteiger partial charge in [0.2, 0.25) is 0 Å². The molecule has 4 nitrogen and oxygen atoms in total. The smallest absolute Gasteiger partial charge is 0.408 e. The van der Waals surface area contributed by atoms with Gasteiger partial charge in [0.25, 0.3) is 0 Å². The highest BCUT2D eigenvalue weighted by molar-refractivity contribution is 5.66. The van der Waals surface area contributed by atoms with Crippen LogP contribution < -0.4 is 0 Å². The Hall–Kier alpha value is -1.55. The summed E-state index contributed by atoms with van der Waals surface area (Å²) in [5.74, 6) is 0. The van der Waals surface area contributed by atoms with Gasteiger partial charge in [-0.25, -0.2) is 4.79 Å². The van der Waals surface area contributed by atoms with Crippen LogP contribution in [0.4, 0.5) is 4.79 Å². The van der Waals surface area contributed by atoms with Gasteiger partial charge in [0, 0.05) is 5.54 Å². The van der Waals surface area contributed by atoms with Gasteiger partial charge in [0.15, 0.2) is 0 Å². The van der Waals surface area contributed by atoms with E-state index in [0.717, 1.165) is 5.56 Å². The Kier molecular flexibility index (Phi) is 4.73. The van der Waals surface area contributed by atoms with Crippen molar-refractivity contribution in [2.75, 3.05) is 6.61 Å². The fraction of sp³-hybridized carbons (Fsp3) is 0.500. The van der Waals surface area contributed by atoms with Gasteiger partial charge in [-0.1, -0.05) is 30.3 Å². The third-order valence-corrected chi connectivity index (χ3v) is 2.82. The molecule has 1 aromatic carbocycles. The lowest BCUT2D eigenvalue weighted by atomic mass is 9.99. The highest BCUT2D eigenvalue weighted by Gasteiger charge is 2.32. The molecule has 100 valence electrons. The predicted molar refractivity (Wildman–Crippen MR) is 70.6 cm³/mol. The molecular weight excluding hydrogens is 230 g/mol. The second-order valence-corrected chi connectivity index (χ2v) is 5.35. The second-order valence-electron chi connectivity index (χ2n) is 5.35. The van der Waals surface area contributed by atoms with Crippen LogP contribution in [0.15, 0.2) is 30.3 Å². The zero-order valence-corrected chi connectivity index (χ0v) is 11.1. The fourth-order valence-corrected chi connectivity index (χ4v) is 2.11. The molecule has 1 atom stereocenters. The first kappa shape index (κ1) is 14.5. The van der Waals surface area contributed by atoms with Crippen molar-refractivity contribution in [2.45, 2.75) is 38.8 Å². The molecule has 2 N–H and O–H groups in total. The van der Waals surface area contributed by atoms with E-state index in [4.69, 9.17) is 0 Å². The Bertz CT molecular complexity index is 384. The summed E-state index contributed by atoms with van der Waals surface area (Å²) < 4.78 is 0. The van der Waals surface area contributed by atoms with Crippen molar-refractivity contribution < 1.29 is 15.0 Å². The lowest BCUT2D eigenvalue weighted by Gasteiger charge is -2.39. The van der Waals surface area contributed by atoms with Crippen molar-refractivity contribution in [3.8, 4) is 0 Å². The lowest BCUT2D eigenvalue weighted by Crippen LogP contribution is -2.53. The maximum Gasteiger partial charge on any atom is 0.408 e. The summed E-state index contributed by atoms with van der Waals surface area (Å²) in [5.41, 5.74) is 0.487. The number of aliphatic hydroxyl groups is 1. The summed E-state index contributed by atoms with van der Waals surface area (Å²) in [6.07, 6.45) is -0.488. The molecule has 0 aliphatic heterocycles. The van der Waals surface area contributed by atoms with Gasteiger partial charge < -0.3 is 10.2 Å². The minimum absolute atomic E-state index is 0.182. The van der Waals surface area contributed by atoms with Crippen LogP contribution >= 0.6 is 0 Å². The first-order valence-corrected chi connectivity index (χ1v) is 6.03. The molecular formula is C14H21NO3. The predicted octanol–water partition coefficient (Wildman–Crippen LogP) is 2.37. The van der Waals surface area contributed by atoms with E-state index in [9.17, 15) is 15.0 Å². The summed E-state index contributed by atoms with van der Waals surface area (Å²) >= 11 is 0. The summed E-state index contributed by atoms with van der Waals surface area (Å²) in [7, 11) is 0. The van der Waals surface area contributed by atoms with E-state index < -0.39 is 17.7 Å². The molecule has 0 aliphatic carbocycles. The molecule has 1 amide bonds.